The maximum absolute atomic E-state index is 5.75. The van der Waals surface area contributed by atoms with Crippen LogP contribution in [0.3, 0.4) is 0 Å². The van der Waals surface area contributed by atoms with Crippen LogP contribution in [0.1, 0.15) is 39.5 Å². The minimum atomic E-state index is 0.424. The largest absolute Gasteiger partial charge is 0.375 e. The second kappa shape index (κ2) is 5.99. The Morgan fingerprint density at radius 3 is 2.38 bits per heavy atom. The van der Waals surface area contributed by atoms with E-state index in [2.05, 4.69) is 24.1 Å². The molecule has 3 heteroatoms. The third kappa shape index (κ3) is 3.72. The predicted molar refractivity (Wildman–Crippen MR) is 66.7 cm³/mol. The van der Waals surface area contributed by atoms with Gasteiger partial charge in [-0.05, 0) is 52.6 Å². The summed E-state index contributed by atoms with van der Waals surface area (Å²) < 4.78 is 5.75. The first kappa shape index (κ1) is 12.3. The van der Waals surface area contributed by atoms with Gasteiger partial charge in [0.25, 0.3) is 0 Å². The lowest BCUT2D eigenvalue weighted by Crippen LogP contribution is -2.43. The lowest BCUT2D eigenvalue weighted by atomic mass is 10.00. The van der Waals surface area contributed by atoms with Crippen LogP contribution in [0.25, 0.3) is 0 Å². The smallest absolute Gasteiger partial charge is 0.0565 e. The molecule has 0 aromatic heterocycles. The Bertz CT molecular complexity index is 194. The van der Waals surface area contributed by atoms with E-state index in [9.17, 15) is 0 Å². The van der Waals surface area contributed by atoms with Gasteiger partial charge in [0.05, 0.1) is 12.2 Å². The van der Waals surface area contributed by atoms with Crippen LogP contribution in [-0.4, -0.2) is 49.3 Å². The molecule has 16 heavy (non-hydrogen) atoms. The molecule has 2 rings (SSSR count). The van der Waals surface area contributed by atoms with Crippen molar-refractivity contribution in [3.8, 4) is 0 Å². The quantitative estimate of drug-likeness (QED) is 0.788. The van der Waals surface area contributed by atoms with Gasteiger partial charge in [-0.1, -0.05) is 0 Å². The molecule has 0 saturated carbocycles. The van der Waals surface area contributed by atoms with E-state index in [4.69, 9.17) is 4.74 Å². The van der Waals surface area contributed by atoms with Crippen LogP contribution in [0.15, 0.2) is 0 Å². The van der Waals surface area contributed by atoms with Crippen LogP contribution in [-0.2, 0) is 4.74 Å². The lowest BCUT2D eigenvalue weighted by Gasteiger charge is -2.33. The Morgan fingerprint density at radius 1 is 1.12 bits per heavy atom. The fraction of sp³-hybridized carbons (Fsp3) is 1.00. The van der Waals surface area contributed by atoms with E-state index >= 15 is 0 Å². The Balaban J connectivity index is 1.61. The lowest BCUT2D eigenvalue weighted by molar-refractivity contribution is -0.0421. The van der Waals surface area contributed by atoms with Crippen molar-refractivity contribution < 1.29 is 4.74 Å². The summed E-state index contributed by atoms with van der Waals surface area (Å²) in [5, 5.41) is 3.69. The zero-order chi connectivity index (χ0) is 11.4. The van der Waals surface area contributed by atoms with Crippen molar-refractivity contribution in [3.05, 3.63) is 0 Å². The summed E-state index contributed by atoms with van der Waals surface area (Å²) in [6.45, 7) is 9.35. The predicted octanol–water partition coefficient (Wildman–Crippen LogP) is 1.63. The molecule has 2 fully saturated rings. The molecule has 0 spiro atoms. The van der Waals surface area contributed by atoms with Gasteiger partial charge in [-0.25, -0.2) is 0 Å². The highest BCUT2D eigenvalue weighted by atomic mass is 16.5. The normalized spacial score (nSPS) is 36.8. The van der Waals surface area contributed by atoms with Gasteiger partial charge >= 0.3 is 0 Å². The van der Waals surface area contributed by atoms with Crippen molar-refractivity contribution in [2.75, 3.05) is 26.2 Å². The molecule has 0 radical (unpaired) electrons. The first-order chi connectivity index (χ1) is 7.74. The number of rotatable bonds is 4. The van der Waals surface area contributed by atoms with Crippen molar-refractivity contribution in [1.29, 1.82) is 0 Å². The highest BCUT2D eigenvalue weighted by Gasteiger charge is 2.23. The monoisotopic (exact) mass is 226 g/mol. The Kier molecular flexibility index (Phi) is 4.62. The first-order valence-corrected chi connectivity index (χ1v) is 6.85. The zero-order valence-electron chi connectivity index (χ0n) is 10.7. The number of hydrogen-bond acceptors (Lipinski definition) is 3. The highest BCUT2D eigenvalue weighted by Crippen LogP contribution is 2.18. The second-order valence-electron chi connectivity index (χ2n) is 5.43. The van der Waals surface area contributed by atoms with Gasteiger partial charge in [0.15, 0.2) is 0 Å². The number of ether oxygens (including phenoxy) is 1. The zero-order valence-corrected chi connectivity index (χ0v) is 10.7. The van der Waals surface area contributed by atoms with Gasteiger partial charge in [0, 0.05) is 19.1 Å². The van der Waals surface area contributed by atoms with Gasteiger partial charge in [-0.3, -0.25) is 0 Å². The summed E-state index contributed by atoms with van der Waals surface area (Å²) in [4.78, 5) is 2.57. The third-order valence-electron chi connectivity index (χ3n) is 3.76. The Hall–Kier alpha value is -0.120. The number of likely N-dealkylation sites (tertiary alicyclic amines) is 1. The first-order valence-electron chi connectivity index (χ1n) is 6.85. The molecule has 2 atom stereocenters. The summed E-state index contributed by atoms with van der Waals surface area (Å²) in [5.41, 5.74) is 0. The van der Waals surface area contributed by atoms with Crippen molar-refractivity contribution in [2.45, 2.75) is 57.8 Å². The minimum absolute atomic E-state index is 0.424. The fourth-order valence-corrected chi connectivity index (χ4v) is 3.00. The maximum atomic E-state index is 5.75. The van der Waals surface area contributed by atoms with E-state index in [0.717, 1.165) is 6.54 Å². The number of nitrogens with zero attached hydrogens (tertiary/aromatic N) is 1. The molecular formula is C13H26N2O. The Labute approximate surface area is 99.5 Å². The average molecular weight is 226 g/mol. The summed E-state index contributed by atoms with van der Waals surface area (Å²) in [6, 6.07) is 0.668. The average Bonchev–Trinajstić information content (AvgIpc) is 2.69. The van der Waals surface area contributed by atoms with E-state index in [1.54, 1.807) is 0 Å². The summed E-state index contributed by atoms with van der Waals surface area (Å²) in [6.07, 6.45) is 5.98. The standard InChI is InChI=1S/C13H26N2O/c1-11-9-13(10-12(2)16-11)14-5-8-15-6-3-4-7-15/h11-14H,3-10H2,1-2H3. The molecule has 94 valence electrons. The molecule has 2 heterocycles. The van der Waals surface area contributed by atoms with E-state index in [0.29, 0.717) is 18.2 Å². The molecule has 2 aliphatic rings. The van der Waals surface area contributed by atoms with Gasteiger partial charge in [0.2, 0.25) is 0 Å². The molecule has 3 nitrogen and oxygen atoms in total. The molecule has 0 aliphatic carbocycles. The highest BCUT2D eigenvalue weighted by molar-refractivity contribution is 4.79. The molecular weight excluding hydrogens is 200 g/mol. The molecule has 0 aromatic carbocycles. The van der Waals surface area contributed by atoms with E-state index in [1.807, 2.05) is 0 Å². The number of hydrogen-bond donors (Lipinski definition) is 1. The van der Waals surface area contributed by atoms with Crippen molar-refractivity contribution in [2.24, 2.45) is 0 Å². The van der Waals surface area contributed by atoms with Crippen LogP contribution in [0.5, 0.6) is 0 Å². The molecule has 0 aromatic rings. The van der Waals surface area contributed by atoms with Gasteiger partial charge in [-0.15, -0.1) is 0 Å². The van der Waals surface area contributed by atoms with Crippen LogP contribution in [0.4, 0.5) is 0 Å². The van der Waals surface area contributed by atoms with Gasteiger partial charge in [-0.2, -0.15) is 0 Å². The van der Waals surface area contributed by atoms with E-state index in [1.165, 1.54) is 45.3 Å². The van der Waals surface area contributed by atoms with Crippen LogP contribution in [0, 0.1) is 0 Å². The van der Waals surface area contributed by atoms with Crippen molar-refractivity contribution in [3.63, 3.8) is 0 Å². The van der Waals surface area contributed by atoms with E-state index in [-0.39, 0.29) is 0 Å². The third-order valence-corrected chi connectivity index (χ3v) is 3.76. The van der Waals surface area contributed by atoms with Crippen LogP contribution >= 0.6 is 0 Å². The van der Waals surface area contributed by atoms with Crippen LogP contribution in [0.2, 0.25) is 0 Å². The molecule has 2 unspecified atom stereocenters. The number of nitrogens with one attached hydrogen (secondary N) is 1. The molecule has 2 saturated heterocycles. The minimum Gasteiger partial charge on any atom is -0.375 e. The molecule has 2 aliphatic heterocycles. The Morgan fingerprint density at radius 2 is 1.75 bits per heavy atom. The summed E-state index contributed by atoms with van der Waals surface area (Å²) >= 11 is 0. The van der Waals surface area contributed by atoms with Gasteiger partial charge < -0.3 is 15.0 Å². The van der Waals surface area contributed by atoms with Crippen molar-refractivity contribution >= 4 is 0 Å². The second-order valence-corrected chi connectivity index (χ2v) is 5.43. The molecule has 0 bridgehead atoms. The SMILES string of the molecule is CC1CC(NCCN2CCCC2)CC(C)O1. The van der Waals surface area contributed by atoms with Crippen molar-refractivity contribution in [1.82, 2.24) is 10.2 Å². The summed E-state index contributed by atoms with van der Waals surface area (Å²) in [5.74, 6) is 0. The maximum Gasteiger partial charge on any atom is 0.0565 e. The van der Waals surface area contributed by atoms with E-state index < -0.39 is 0 Å². The topological polar surface area (TPSA) is 24.5 Å². The molecule has 1 N–H and O–H groups in total. The fourth-order valence-electron chi connectivity index (χ4n) is 3.00. The van der Waals surface area contributed by atoms with Crippen LogP contribution < -0.4 is 5.32 Å². The molecule has 0 amide bonds. The summed E-state index contributed by atoms with van der Waals surface area (Å²) in [7, 11) is 0. The van der Waals surface area contributed by atoms with Gasteiger partial charge in [0.1, 0.15) is 0 Å².